The normalized spacial score (nSPS) is 0. The van der Waals surface area contributed by atoms with Crippen molar-refractivity contribution in [3.05, 3.63) is 0 Å². The molecule has 0 aromatic heterocycles. The van der Waals surface area contributed by atoms with Crippen molar-refractivity contribution in [2.24, 2.45) is 0 Å². The van der Waals surface area contributed by atoms with Gasteiger partial charge in [0.2, 0.25) is 0 Å². The summed E-state index contributed by atoms with van der Waals surface area (Å²) in [6.07, 6.45) is 0. The molecule has 0 saturated heterocycles. The van der Waals surface area contributed by atoms with E-state index in [1.165, 1.54) is 0 Å². The standard InChI is InChI=1S/3ClH.Zn/h3*1H;/p-3. The summed E-state index contributed by atoms with van der Waals surface area (Å²) in [4.78, 5) is 0. The van der Waals surface area contributed by atoms with E-state index in [2.05, 4.69) is 0 Å². The van der Waals surface area contributed by atoms with Gasteiger partial charge in [-0.25, -0.2) is 0 Å². The quantitative estimate of drug-likeness (QED) is 0.318. The van der Waals surface area contributed by atoms with Gasteiger partial charge in [0.25, 0.3) is 0 Å². The van der Waals surface area contributed by atoms with Gasteiger partial charge in [-0.1, -0.05) is 0 Å². The molecule has 0 aromatic carbocycles. The summed E-state index contributed by atoms with van der Waals surface area (Å²) in [5, 5.41) is 0. The maximum atomic E-state index is 0. The first kappa shape index (κ1) is 49.7. The van der Waals surface area contributed by atoms with Crippen molar-refractivity contribution in [3.8, 4) is 0 Å². The van der Waals surface area contributed by atoms with Gasteiger partial charge in [0.05, 0.1) is 0 Å². The van der Waals surface area contributed by atoms with Gasteiger partial charge in [-0.05, 0) is 0 Å². The van der Waals surface area contributed by atoms with E-state index in [4.69, 9.17) is 0 Å². The van der Waals surface area contributed by atoms with Gasteiger partial charge in [-0.15, -0.1) is 0 Å². The zero-order chi connectivity index (χ0) is 0. The van der Waals surface area contributed by atoms with Crippen LogP contribution >= 0.6 is 0 Å². The fourth-order valence-corrected chi connectivity index (χ4v) is 0. The van der Waals surface area contributed by atoms with Gasteiger partial charge in [-0.3, -0.25) is 0 Å². The van der Waals surface area contributed by atoms with Crippen LogP contribution in [0.5, 0.6) is 0 Å². The summed E-state index contributed by atoms with van der Waals surface area (Å²) in [6.45, 7) is 0. The van der Waals surface area contributed by atoms with Crippen LogP contribution in [-0.4, -0.2) is 0 Å². The molecule has 0 unspecified atom stereocenters. The molecule has 0 aromatic rings. The molecule has 4 heavy (non-hydrogen) atoms. The molecule has 0 nitrogen and oxygen atoms in total. The SMILES string of the molecule is [Cl-].[Cl-].[Cl-].[Zn]. The number of halogens is 3. The average Bonchev–Trinajstić information content (AvgIpc) is 0. The Hall–Kier alpha value is 1.49. The van der Waals surface area contributed by atoms with E-state index in [1.807, 2.05) is 0 Å². The summed E-state index contributed by atoms with van der Waals surface area (Å²) in [5.74, 6) is 0. The van der Waals surface area contributed by atoms with E-state index in [-0.39, 0.29) is 56.7 Å². The summed E-state index contributed by atoms with van der Waals surface area (Å²) >= 11 is 0. The van der Waals surface area contributed by atoms with Crippen LogP contribution in [-0.2, 0) is 19.5 Å². The maximum absolute atomic E-state index is 0. The smallest absolute Gasteiger partial charge is 0 e. The molecule has 26 valence electrons. The second-order valence-electron chi connectivity index (χ2n) is 0. The second-order valence-corrected chi connectivity index (χ2v) is 0. The minimum absolute atomic E-state index is 0. The molecule has 0 heterocycles. The summed E-state index contributed by atoms with van der Waals surface area (Å²) in [6, 6.07) is 0. The van der Waals surface area contributed by atoms with Gasteiger partial charge in [0.15, 0.2) is 0 Å². The van der Waals surface area contributed by atoms with Crippen molar-refractivity contribution in [1.29, 1.82) is 0 Å². The largest absolute Gasteiger partial charge is 1.00 e. The third kappa shape index (κ3) is 9.74. The van der Waals surface area contributed by atoms with Crippen LogP contribution in [0.4, 0.5) is 0 Å². The predicted octanol–water partition coefficient (Wildman–Crippen LogP) is -8.99. The van der Waals surface area contributed by atoms with E-state index in [0.29, 0.717) is 0 Å². The van der Waals surface area contributed by atoms with Crippen LogP contribution in [0.2, 0.25) is 0 Å². The molecule has 0 aliphatic heterocycles. The Labute approximate surface area is 56.7 Å². The molecule has 0 atom stereocenters. The first-order valence-corrected chi connectivity index (χ1v) is 0. The first-order valence-electron chi connectivity index (χ1n) is 0. The Morgan fingerprint density at radius 2 is 0.500 bits per heavy atom. The first-order chi connectivity index (χ1) is 0. The Morgan fingerprint density at radius 1 is 0.500 bits per heavy atom. The Kier molecular flexibility index (Phi) is 306. The van der Waals surface area contributed by atoms with Crippen LogP contribution in [0.15, 0.2) is 0 Å². The van der Waals surface area contributed by atoms with Gasteiger partial charge in [-0.2, -0.15) is 0 Å². The van der Waals surface area contributed by atoms with Gasteiger partial charge in [0, 0.05) is 19.5 Å². The van der Waals surface area contributed by atoms with Crippen LogP contribution in [0.25, 0.3) is 0 Å². The Morgan fingerprint density at radius 3 is 0.500 bits per heavy atom. The van der Waals surface area contributed by atoms with Crippen molar-refractivity contribution in [1.82, 2.24) is 0 Å². The van der Waals surface area contributed by atoms with Gasteiger partial charge < -0.3 is 37.2 Å². The summed E-state index contributed by atoms with van der Waals surface area (Å²) in [7, 11) is 0. The maximum Gasteiger partial charge on any atom is 0 e. The minimum Gasteiger partial charge on any atom is -1.00 e. The van der Waals surface area contributed by atoms with Crippen molar-refractivity contribution in [2.75, 3.05) is 0 Å². The van der Waals surface area contributed by atoms with Gasteiger partial charge in [0.1, 0.15) is 0 Å². The van der Waals surface area contributed by atoms with Crippen molar-refractivity contribution in [2.45, 2.75) is 0 Å². The molecular formula is Cl3Zn-3. The summed E-state index contributed by atoms with van der Waals surface area (Å²) < 4.78 is 0. The van der Waals surface area contributed by atoms with E-state index >= 15 is 0 Å². The Bertz CT molecular complexity index is 3.25. The van der Waals surface area contributed by atoms with Crippen LogP contribution in [0, 0.1) is 0 Å². The fourth-order valence-electron chi connectivity index (χ4n) is 0. The number of hydrogen-bond donors (Lipinski definition) is 0. The molecule has 0 fully saturated rings. The Balaban J connectivity index is 0. The number of hydrogen-bond acceptors (Lipinski definition) is 0. The third-order valence-electron chi connectivity index (χ3n) is 0. The molecule has 0 bridgehead atoms. The molecule has 0 aliphatic carbocycles. The van der Waals surface area contributed by atoms with Crippen molar-refractivity contribution in [3.63, 3.8) is 0 Å². The van der Waals surface area contributed by atoms with Crippen molar-refractivity contribution >= 4 is 0 Å². The zero-order valence-corrected chi connectivity index (χ0v) is 7.08. The van der Waals surface area contributed by atoms with Crippen molar-refractivity contribution < 1.29 is 56.7 Å². The van der Waals surface area contributed by atoms with Crippen LogP contribution < -0.4 is 37.2 Å². The monoisotopic (exact) mass is 169 g/mol. The second kappa shape index (κ2) is 24.6. The van der Waals surface area contributed by atoms with E-state index < -0.39 is 0 Å². The van der Waals surface area contributed by atoms with Crippen LogP contribution in [0.1, 0.15) is 0 Å². The number of rotatable bonds is 0. The van der Waals surface area contributed by atoms with Crippen LogP contribution in [0.3, 0.4) is 0 Å². The molecule has 0 aliphatic rings. The molecule has 0 spiro atoms. The molecule has 4 heteroatoms. The predicted molar refractivity (Wildman–Crippen MR) is 0 cm³/mol. The molecule has 0 radical (unpaired) electrons. The molecular weight excluding hydrogens is 172 g/mol. The molecule has 0 amide bonds. The molecule has 0 rings (SSSR count). The van der Waals surface area contributed by atoms with E-state index in [9.17, 15) is 0 Å². The van der Waals surface area contributed by atoms with Gasteiger partial charge >= 0.3 is 0 Å². The zero-order valence-electron chi connectivity index (χ0n) is 1.84. The fraction of sp³-hybridized carbons (Fsp3) is 0. The molecule has 0 N–H and O–H groups in total. The topological polar surface area (TPSA) is 0 Å². The minimum atomic E-state index is 0. The average molecular weight is 172 g/mol. The van der Waals surface area contributed by atoms with E-state index in [0.717, 1.165) is 0 Å². The molecule has 0 saturated carbocycles. The van der Waals surface area contributed by atoms with E-state index in [1.54, 1.807) is 0 Å². The third-order valence-corrected chi connectivity index (χ3v) is 0. The summed E-state index contributed by atoms with van der Waals surface area (Å²) in [5.41, 5.74) is 0.